The van der Waals surface area contributed by atoms with Crippen molar-refractivity contribution in [3.05, 3.63) is 71.4 Å². The smallest absolute Gasteiger partial charge is 0.269 e. The van der Waals surface area contributed by atoms with Gasteiger partial charge in [-0.3, -0.25) is 10.1 Å². The number of para-hydroxylation sites is 1. The van der Waals surface area contributed by atoms with Crippen LogP contribution in [-0.4, -0.2) is 28.8 Å². The molecule has 6 nitrogen and oxygen atoms in total. The Bertz CT molecular complexity index is 978. The van der Waals surface area contributed by atoms with Gasteiger partial charge in [0.2, 0.25) is 0 Å². The minimum atomic E-state index is -0.124. The summed E-state index contributed by atoms with van der Waals surface area (Å²) < 4.78 is 7.49. The molecule has 2 aromatic carbocycles. The van der Waals surface area contributed by atoms with Gasteiger partial charge in [0.1, 0.15) is 17.6 Å². The van der Waals surface area contributed by atoms with Crippen LogP contribution in [0.5, 0.6) is 5.75 Å². The Hall–Kier alpha value is -3.12. The van der Waals surface area contributed by atoms with Gasteiger partial charge in [-0.1, -0.05) is 48.0 Å². The van der Waals surface area contributed by atoms with Gasteiger partial charge in [-0.05, 0) is 26.0 Å². The highest BCUT2D eigenvalue weighted by molar-refractivity contribution is 5.94. The van der Waals surface area contributed by atoms with Gasteiger partial charge < -0.3 is 10.1 Å². The maximum absolute atomic E-state index is 12.3. The zero-order valence-corrected chi connectivity index (χ0v) is 16.1. The van der Waals surface area contributed by atoms with Gasteiger partial charge in [-0.15, -0.1) is 0 Å². The van der Waals surface area contributed by atoms with E-state index < -0.39 is 0 Å². The second-order valence-electron chi connectivity index (χ2n) is 6.87. The largest absolute Gasteiger partial charge is 0.494 e. The Morgan fingerprint density at radius 1 is 1.21 bits per heavy atom. The average Bonchev–Trinajstić information content (AvgIpc) is 3.16. The zero-order chi connectivity index (χ0) is 19.5. The molecule has 1 atom stereocenters. The van der Waals surface area contributed by atoms with Crippen molar-refractivity contribution >= 4 is 5.91 Å². The molecular formula is C22H24N4O2. The van der Waals surface area contributed by atoms with Crippen LogP contribution in [0.25, 0.3) is 11.3 Å². The molecule has 0 radical (unpaired) electrons. The summed E-state index contributed by atoms with van der Waals surface area (Å²) in [5.41, 5.74) is 4.64. The quantitative estimate of drug-likeness (QED) is 0.693. The average molecular weight is 376 g/mol. The molecular weight excluding hydrogens is 352 g/mol. The van der Waals surface area contributed by atoms with E-state index in [0.29, 0.717) is 25.4 Å². The fraction of sp³-hybridized carbons (Fsp3) is 0.273. The van der Waals surface area contributed by atoms with Crippen LogP contribution >= 0.6 is 0 Å². The Kier molecular flexibility index (Phi) is 5.12. The van der Waals surface area contributed by atoms with Crippen molar-refractivity contribution in [3.63, 3.8) is 0 Å². The predicted molar refractivity (Wildman–Crippen MR) is 108 cm³/mol. The van der Waals surface area contributed by atoms with Crippen LogP contribution < -0.4 is 15.4 Å². The first kappa shape index (κ1) is 18.3. The standard InChI is InChI=1S/C22H24N4O2/c1-3-28-20-7-5-4-6-17(20)13-23-21-14-24-22(27)19-12-18(25-26(19)21)16-10-8-15(2)9-11-16/h4-12,21,23H,3,13-14H2,1-2H3,(H,24,27)/t21-/m0/s1. The van der Waals surface area contributed by atoms with Gasteiger partial charge in [-0.2, -0.15) is 5.10 Å². The van der Waals surface area contributed by atoms with Crippen LogP contribution in [0.1, 0.15) is 34.7 Å². The van der Waals surface area contributed by atoms with Crippen LogP contribution in [0.2, 0.25) is 0 Å². The minimum Gasteiger partial charge on any atom is -0.494 e. The van der Waals surface area contributed by atoms with E-state index in [9.17, 15) is 4.79 Å². The third-order valence-electron chi connectivity index (χ3n) is 4.87. The number of nitrogens with one attached hydrogen (secondary N) is 2. The van der Waals surface area contributed by atoms with Crippen LogP contribution in [0.4, 0.5) is 0 Å². The monoisotopic (exact) mass is 376 g/mol. The number of benzene rings is 2. The van der Waals surface area contributed by atoms with Gasteiger partial charge >= 0.3 is 0 Å². The first-order valence-corrected chi connectivity index (χ1v) is 9.54. The van der Waals surface area contributed by atoms with Crippen molar-refractivity contribution in [2.45, 2.75) is 26.6 Å². The first-order valence-electron chi connectivity index (χ1n) is 9.54. The van der Waals surface area contributed by atoms with Gasteiger partial charge in [-0.25, -0.2) is 4.68 Å². The maximum Gasteiger partial charge on any atom is 0.269 e. The summed E-state index contributed by atoms with van der Waals surface area (Å²) in [5, 5.41) is 11.2. The number of aryl methyl sites for hydroxylation is 1. The maximum atomic E-state index is 12.3. The molecule has 2 N–H and O–H groups in total. The van der Waals surface area contributed by atoms with Gasteiger partial charge in [0, 0.05) is 17.7 Å². The Labute approximate surface area is 164 Å². The fourth-order valence-corrected chi connectivity index (χ4v) is 3.37. The summed E-state index contributed by atoms with van der Waals surface area (Å²) in [6.07, 6.45) is -0.124. The van der Waals surface area contributed by atoms with E-state index in [0.717, 1.165) is 22.6 Å². The molecule has 4 rings (SSSR count). The van der Waals surface area contributed by atoms with Crippen molar-refractivity contribution in [2.24, 2.45) is 0 Å². The van der Waals surface area contributed by atoms with E-state index in [2.05, 4.69) is 17.6 Å². The highest BCUT2D eigenvalue weighted by Crippen LogP contribution is 2.24. The lowest BCUT2D eigenvalue weighted by Gasteiger charge is -2.26. The number of nitrogens with zero attached hydrogens (tertiary/aromatic N) is 2. The van der Waals surface area contributed by atoms with Crippen LogP contribution in [0.15, 0.2) is 54.6 Å². The van der Waals surface area contributed by atoms with E-state index in [1.54, 1.807) is 4.68 Å². The van der Waals surface area contributed by atoms with Gasteiger partial charge in [0.15, 0.2) is 0 Å². The highest BCUT2D eigenvalue weighted by atomic mass is 16.5. The van der Waals surface area contributed by atoms with E-state index in [1.165, 1.54) is 5.56 Å². The van der Waals surface area contributed by atoms with Crippen LogP contribution in [0.3, 0.4) is 0 Å². The van der Waals surface area contributed by atoms with Gasteiger partial charge in [0.25, 0.3) is 5.91 Å². The van der Waals surface area contributed by atoms with Crippen molar-refractivity contribution in [2.75, 3.05) is 13.2 Å². The molecule has 1 amide bonds. The van der Waals surface area contributed by atoms with Gasteiger partial charge in [0.05, 0.1) is 18.8 Å². The van der Waals surface area contributed by atoms with Crippen LogP contribution in [-0.2, 0) is 6.54 Å². The van der Waals surface area contributed by atoms with E-state index in [1.807, 2.05) is 61.5 Å². The van der Waals surface area contributed by atoms with Crippen molar-refractivity contribution in [3.8, 4) is 17.0 Å². The number of carbonyl (C=O) groups is 1. The summed E-state index contributed by atoms with van der Waals surface area (Å²) in [6.45, 7) is 5.76. The molecule has 3 aromatic rings. The number of hydrogen-bond donors (Lipinski definition) is 2. The minimum absolute atomic E-state index is 0.0985. The van der Waals surface area contributed by atoms with Crippen molar-refractivity contribution in [1.82, 2.24) is 20.4 Å². The van der Waals surface area contributed by atoms with E-state index in [-0.39, 0.29) is 12.1 Å². The number of ether oxygens (including phenoxy) is 1. The van der Waals surface area contributed by atoms with Crippen molar-refractivity contribution in [1.29, 1.82) is 0 Å². The number of rotatable bonds is 6. The fourth-order valence-electron chi connectivity index (χ4n) is 3.37. The third-order valence-corrected chi connectivity index (χ3v) is 4.87. The molecule has 0 aliphatic carbocycles. The molecule has 0 saturated heterocycles. The number of fused-ring (bicyclic) bond motifs is 1. The molecule has 0 fully saturated rings. The Morgan fingerprint density at radius 3 is 2.79 bits per heavy atom. The molecule has 6 heteroatoms. The molecule has 0 saturated carbocycles. The van der Waals surface area contributed by atoms with Crippen LogP contribution in [0, 0.1) is 6.92 Å². The van der Waals surface area contributed by atoms with E-state index in [4.69, 9.17) is 9.84 Å². The zero-order valence-electron chi connectivity index (χ0n) is 16.1. The van der Waals surface area contributed by atoms with Crippen molar-refractivity contribution < 1.29 is 9.53 Å². The number of aromatic nitrogens is 2. The molecule has 2 heterocycles. The summed E-state index contributed by atoms with van der Waals surface area (Å²) in [7, 11) is 0. The topological polar surface area (TPSA) is 68.2 Å². The molecule has 144 valence electrons. The third kappa shape index (κ3) is 3.64. The molecule has 1 aliphatic heterocycles. The lowest BCUT2D eigenvalue weighted by molar-refractivity contribution is 0.0900. The molecule has 1 aliphatic rings. The number of amides is 1. The molecule has 0 bridgehead atoms. The van der Waals surface area contributed by atoms with E-state index >= 15 is 0 Å². The summed E-state index contributed by atoms with van der Waals surface area (Å²) >= 11 is 0. The molecule has 28 heavy (non-hydrogen) atoms. The Morgan fingerprint density at radius 2 is 2.00 bits per heavy atom. The lowest BCUT2D eigenvalue weighted by atomic mass is 10.1. The molecule has 0 spiro atoms. The lowest BCUT2D eigenvalue weighted by Crippen LogP contribution is -2.45. The summed E-state index contributed by atoms with van der Waals surface area (Å²) in [5.74, 6) is 0.775. The molecule has 1 aromatic heterocycles. The number of hydrogen-bond acceptors (Lipinski definition) is 4. The predicted octanol–water partition coefficient (Wildman–Crippen LogP) is 3.29. The Balaban J connectivity index is 1.57. The normalized spacial score (nSPS) is 15.8. The first-order chi connectivity index (χ1) is 13.7. The second kappa shape index (κ2) is 7.86. The summed E-state index contributed by atoms with van der Waals surface area (Å²) in [6, 6.07) is 18.0. The highest BCUT2D eigenvalue weighted by Gasteiger charge is 2.27. The molecule has 0 unspecified atom stereocenters. The number of carbonyl (C=O) groups excluding carboxylic acids is 1. The second-order valence-corrected chi connectivity index (χ2v) is 6.87. The SMILES string of the molecule is CCOc1ccccc1CN[C@@H]1CNC(=O)c2cc(-c3ccc(C)cc3)nn21. The summed E-state index contributed by atoms with van der Waals surface area (Å²) in [4.78, 5) is 12.3.